The molecule has 1 aliphatic rings. The molecule has 0 aliphatic heterocycles. The van der Waals surface area contributed by atoms with Crippen molar-refractivity contribution in [2.24, 2.45) is 5.92 Å². The minimum atomic E-state index is -0.468. The van der Waals surface area contributed by atoms with Crippen molar-refractivity contribution in [3.8, 4) is 0 Å². The zero-order valence-electron chi connectivity index (χ0n) is 9.71. The lowest BCUT2D eigenvalue weighted by atomic mass is 9.90. The van der Waals surface area contributed by atoms with Crippen LogP contribution in [-0.4, -0.2) is 24.7 Å². The number of carbonyl (C=O) groups excluding carboxylic acids is 1. The Morgan fingerprint density at radius 2 is 2.27 bits per heavy atom. The molecule has 0 amide bonds. The van der Waals surface area contributed by atoms with E-state index < -0.39 is 5.54 Å². The average molecular weight is 211 g/mol. The van der Waals surface area contributed by atoms with Crippen LogP contribution in [0.15, 0.2) is 12.7 Å². The monoisotopic (exact) mass is 211 g/mol. The van der Waals surface area contributed by atoms with Gasteiger partial charge in [-0.2, -0.15) is 0 Å². The Hall–Kier alpha value is -0.830. The molecule has 0 bridgehead atoms. The molecule has 0 aromatic carbocycles. The van der Waals surface area contributed by atoms with E-state index in [4.69, 9.17) is 4.74 Å². The highest BCUT2D eigenvalue weighted by atomic mass is 16.5. The van der Waals surface area contributed by atoms with Crippen LogP contribution in [0.1, 0.15) is 33.1 Å². The van der Waals surface area contributed by atoms with Crippen LogP contribution in [0.4, 0.5) is 0 Å². The Bertz CT molecular complexity index is 236. The van der Waals surface area contributed by atoms with Crippen LogP contribution < -0.4 is 5.32 Å². The number of rotatable bonds is 7. The summed E-state index contributed by atoms with van der Waals surface area (Å²) in [5, 5.41) is 3.29. The molecule has 0 aromatic rings. The summed E-state index contributed by atoms with van der Waals surface area (Å²) in [7, 11) is 0. The summed E-state index contributed by atoms with van der Waals surface area (Å²) < 4.78 is 5.16. The van der Waals surface area contributed by atoms with E-state index in [2.05, 4.69) is 11.9 Å². The Balaban J connectivity index is 2.72. The van der Waals surface area contributed by atoms with Crippen molar-refractivity contribution in [3.63, 3.8) is 0 Å². The van der Waals surface area contributed by atoms with Crippen molar-refractivity contribution < 1.29 is 9.53 Å². The zero-order valence-corrected chi connectivity index (χ0v) is 9.71. The van der Waals surface area contributed by atoms with Crippen LogP contribution >= 0.6 is 0 Å². The summed E-state index contributed by atoms with van der Waals surface area (Å²) in [4.78, 5) is 12.0. The topological polar surface area (TPSA) is 38.3 Å². The van der Waals surface area contributed by atoms with E-state index in [1.807, 2.05) is 13.8 Å². The van der Waals surface area contributed by atoms with Crippen LogP contribution in [0.2, 0.25) is 0 Å². The fourth-order valence-electron chi connectivity index (χ4n) is 2.03. The van der Waals surface area contributed by atoms with Gasteiger partial charge in [-0.1, -0.05) is 13.0 Å². The molecule has 0 saturated heterocycles. The lowest BCUT2D eigenvalue weighted by Gasteiger charge is -2.31. The van der Waals surface area contributed by atoms with Crippen molar-refractivity contribution in [2.75, 3.05) is 13.2 Å². The van der Waals surface area contributed by atoms with Gasteiger partial charge in [0.05, 0.1) is 6.61 Å². The van der Waals surface area contributed by atoms with E-state index in [0.29, 0.717) is 19.1 Å². The molecular weight excluding hydrogens is 190 g/mol. The molecule has 1 unspecified atom stereocenters. The van der Waals surface area contributed by atoms with Crippen molar-refractivity contribution in [2.45, 2.75) is 38.6 Å². The molecule has 86 valence electrons. The SMILES string of the molecule is C=CCNC(CC)(C(=O)OCC)C1CC1. The molecule has 0 radical (unpaired) electrons. The van der Waals surface area contributed by atoms with Crippen LogP contribution in [-0.2, 0) is 9.53 Å². The van der Waals surface area contributed by atoms with Crippen molar-refractivity contribution in [1.82, 2.24) is 5.32 Å². The van der Waals surface area contributed by atoms with Crippen LogP contribution in [0.3, 0.4) is 0 Å². The number of hydrogen-bond acceptors (Lipinski definition) is 3. The molecule has 3 heteroatoms. The maximum Gasteiger partial charge on any atom is 0.326 e. The predicted molar refractivity (Wildman–Crippen MR) is 60.6 cm³/mol. The first-order valence-corrected chi connectivity index (χ1v) is 5.74. The predicted octanol–water partition coefficient (Wildman–Crippen LogP) is 1.88. The highest BCUT2D eigenvalue weighted by Gasteiger charge is 2.50. The smallest absolute Gasteiger partial charge is 0.326 e. The van der Waals surface area contributed by atoms with Gasteiger partial charge in [-0.15, -0.1) is 6.58 Å². The van der Waals surface area contributed by atoms with Gasteiger partial charge < -0.3 is 4.74 Å². The fraction of sp³-hybridized carbons (Fsp3) is 0.750. The number of ether oxygens (including phenoxy) is 1. The largest absolute Gasteiger partial charge is 0.465 e. The second-order valence-corrected chi connectivity index (χ2v) is 3.99. The maximum atomic E-state index is 12.0. The molecule has 1 saturated carbocycles. The van der Waals surface area contributed by atoms with Crippen LogP contribution in [0, 0.1) is 5.92 Å². The number of esters is 1. The highest BCUT2D eigenvalue weighted by molar-refractivity contribution is 5.81. The summed E-state index contributed by atoms with van der Waals surface area (Å²) in [6, 6.07) is 0. The Kier molecular flexibility index (Phi) is 4.33. The van der Waals surface area contributed by atoms with Gasteiger partial charge in [0.2, 0.25) is 0 Å². The molecule has 0 aromatic heterocycles. The lowest BCUT2D eigenvalue weighted by molar-refractivity contribution is -0.152. The molecule has 1 atom stereocenters. The van der Waals surface area contributed by atoms with E-state index in [1.165, 1.54) is 0 Å². The normalized spacial score (nSPS) is 19.3. The van der Waals surface area contributed by atoms with E-state index in [1.54, 1.807) is 6.08 Å². The molecule has 1 N–H and O–H groups in total. The summed E-state index contributed by atoms with van der Waals surface area (Å²) in [5.74, 6) is 0.346. The quantitative estimate of drug-likeness (QED) is 0.516. The first-order valence-electron chi connectivity index (χ1n) is 5.74. The average Bonchev–Trinajstić information content (AvgIpc) is 3.04. The van der Waals surface area contributed by atoms with Gasteiger partial charge in [-0.05, 0) is 32.1 Å². The summed E-state index contributed by atoms with van der Waals surface area (Å²) in [5.41, 5.74) is -0.468. The highest BCUT2D eigenvalue weighted by Crippen LogP contribution is 2.42. The van der Waals surface area contributed by atoms with Gasteiger partial charge in [-0.3, -0.25) is 10.1 Å². The molecule has 1 fully saturated rings. The van der Waals surface area contributed by atoms with E-state index in [9.17, 15) is 4.79 Å². The number of carbonyl (C=O) groups is 1. The Labute approximate surface area is 91.9 Å². The standard InChI is InChI=1S/C12H21NO2/c1-4-9-13-12(5-2,10-7-8-10)11(14)15-6-3/h4,10,13H,1,5-9H2,2-3H3. The molecule has 15 heavy (non-hydrogen) atoms. The summed E-state index contributed by atoms with van der Waals surface area (Å²) >= 11 is 0. The van der Waals surface area contributed by atoms with Gasteiger partial charge in [0.15, 0.2) is 0 Å². The van der Waals surface area contributed by atoms with E-state index in [0.717, 1.165) is 19.3 Å². The first-order chi connectivity index (χ1) is 7.21. The second-order valence-electron chi connectivity index (χ2n) is 3.99. The molecular formula is C12H21NO2. The lowest BCUT2D eigenvalue weighted by Crippen LogP contribution is -2.54. The maximum absolute atomic E-state index is 12.0. The van der Waals surface area contributed by atoms with Crippen molar-refractivity contribution in [3.05, 3.63) is 12.7 Å². The number of hydrogen-bond donors (Lipinski definition) is 1. The van der Waals surface area contributed by atoms with Crippen molar-refractivity contribution >= 4 is 5.97 Å². The van der Waals surface area contributed by atoms with Gasteiger partial charge in [-0.25, -0.2) is 0 Å². The summed E-state index contributed by atoms with van der Waals surface area (Å²) in [6.07, 6.45) is 4.81. The molecule has 0 heterocycles. The zero-order chi connectivity index (χ0) is 11.3. The molecule has 0 spiro atoms. The Morgan fingerprint density at radius 1 is 1.60 bits per heavy atom. The van der Waals surface area contributed by atoms with Gasteiger partial charge in [0, 0.05) is 6.54 Å². The third-order valence-corrected chi connectivity index (χ3v) is 3.03. The van der Waals surface area contributed by atoms with Gasteiger partial charge >= 0.3 is 5.97 Å². The third-order valence-electron chi connectivity index (χ3n) is 3.03. The van der Waals surface area contributed by atoms with Gasteiger partial charge in [0.25, 0.3) is 0 Å². The van der Waals surface area contributed by atoms with Gasteiger partial charge in [0.1, 0.15) is 5.54 Å². The minimum Gasteiger partial charge on any atom is -0.465 e. The van der Waals surface area contributed by atoms with E-state index >= 15 is 0 Å². The van der Waals surface area contributed by atoms with Crippen molar-refractivity contribution in [1.29, 1.82) is 0 Å². The summed E-state index contributed by atoms with van der Waals surface area (Å²) in [6.45, 7) is 8.65. The molecule has 3 nitrogen and oxygen atoms in total. The first kappa shape index (κ1) is 12.2. The molecule has 1 rings (SSSR count). The minimum absolute atomic E-state index is 0.100. The van der Waals surface area contributed by atoms with Crippen LogP contribution in [0.25, 0.3) is 0 Å². The number of nitrogens with one attached hydrogen (secondary N) is 1. The molecule has 1 aliphatic carbocycles. The third kappa shape index (κ3) is 2.59. The fourth-order valence-corrected chi connectivity index (χ4v) is 2.03. The van der Waals surface area contributed by atoms with E-state index in [-0.39, 0.29) is 5.97 Å². The van der Waals surface area contributed by atoms with Crippen LogP contribution in [0.5, 0.6) is 0 Å². The Morgan fingerprint density at radius 3 is 2.67 bits per heavy atom. The second kappa shape index (κ2) is 5.31.